The number of ether oxygens (including phenoxy) is 1. The first kappa shape index (κ1) is 15.9. The number of hydrogen-bond acceptors (Lipinski definition) is 4. The number of hydrogen-bond donors (Lipinski definition) is 2. The third-order valence-corrected chi connectivity index (χ3v) is 3.02. The van der Waals surface area contributed by atoms with Gasteiger partial charge in [-0.05, 0) is 40.7 Å². The average molecular weight is 281 g/mol. The van der Waals surface area contributed by atoms with E-state index in [1.54, 1.807) is 0 Å². The zero-order valence-electron chi connectivity index (χ0n) is 12.3. The summed E-state index contributed by atoms with van der Waals surface area (Å²) in [5, 5.41) is 3.37. The molecule has 5 heteroatoms. The number of anilines is 1. The third-order valence-electron chi connectivity index (χ3n) is 2.81. The molecule has 106 valence electrons. The van der Waals surface area contributed by atoms with E-state index in [0.29, 0.717) is 18.1 Å². The van der Waals surface area contributed by atoms with Crippen LogP contribution in [0.2, 0.25) is 0 Å². The van der Waals surface area contributed by atoms with Crippen LogP contribution in [0.5, 0.6) is 0 Å². The molecule has 0 amide bonds. The van der Waals surface area contributed by atoms with Crippen molar-refractivity contribution in [2.75, 3.05) is 18.5 Å². The van der Waals surface area contributed by atoms with Gasteiger partial charge in [-0.25, -0.2) is 0 Å². The molecular formula is C14H23N3OS. The third kappa shape index (κ3) is 4.44. The van der Waals surface area contributed by atoms with Crippen LogP contribution in [-0.4, -0.2) is 28.7 Å². The molecule has 0 spiro atoms. The normalized spacial score (nSPS) is 11.4. The summed E-state index contributed by atoms with van der Waals surface area (Å²) in [6.45, 7) is 11.3. The standard InChI is InChI=1S/C14H23N3OS/c1-6-18-14(4,5)8-16-11-7-9(2)17-10(3)12(11)13(15)19/h7H,6,8H2,1-5H3,(H2,15,19)(H,16,17). The molecule has 1 aromatic heterocycles. The monoisotopic (exact) mass is 281 g/mol. The fourth-order valence-electron chi connectivity index (χ4n) is 2.03. The highest BCUT2D eigenvalue weighted by Gasteiger charge is 2.19. The molecule has 0 radical (unpaired) electrons. The van der Waals surface area contributed by atoms with Crippen molar-refractivity contribution < 1.29 is 4.74 Å². The van der Waals surface area contributed by atoms with Gasteiger partial charge in [0.1, 0.15) is 4.99 Å². The summed E-state index contributed by atoms with van der Waals surface area (Å²) in [7, 11) is 0. The van der Waals surface area contributed by atoms with Gasteiger partial charge in [0.25, 0.3) is 0 Å². The Morgan fingerprint density at radius 3 is 2.63 bits per heavy atom. The summed E-state index contributed by atoms with van der Waals surface area (Å²) < 4.78 is 5.67. The number of thiocarbonyl (C=S) groups is 1. The minimum absolute atomic E-state index is 0.243. The van der Waals surface area contributed by atoms with E-state index in [-0.39, 0.29) is 5.60 Å². The Hall–Kier alpha value is -1.20. The molecule has 0 fully saturated rings. The van der Waals surface area contributed by atoms with Crippen LogP contribution >= 0.6 is 12.2 Å². The lowest BCUT2D eigenvalue weighted by atomic mass is 10.1. The van der Waals surface area contributed by atoms with Crippen molar-refractivity contribution in [1.29, 1.82) is 0 Å². The van der Waals surface area contributed by atoms with Gasteiger partial charge < -0.3 is 15.8 Å². The van der Waals surface area contributed by atoms with E-state index in [1.807, 2.05) is 40.7 Å². The molecule has 0 bridgehead atoms. The van der Waals surface area contributed by atoms with Crippen molar-refractivity contribution in [1.82, 2.24) is 4.98 Å². The van der Waals surface area contributed by atoms with Gasteiger partial charge in [-0.15, -0.1) is 0 Å². The summed E-state index contributed by atoms with van der Waals surface area (Å²) in [6.07, 6.45) is 0. The Balaban J connectivity index is 2.97. The van der Waals surface area contributed by atoms with E-state index in [9.17, 15) is 0 Å². The molecule has 4 nitrogen and oxygen atoms in total. The Kier molecular flexibility index (Phi) is 5.26. The number of nitrogens with zero attached hydrogens (tertiary/aromatic N) is 1. The smallest absolute Gasteiger partial charge is 0.107 e. The summed E-state index contributed by atoms with van der Waals surface area (Å²) in [4.78, 5) is 4.76. The first-order chi connectivity index (χ1) is 8.76. The van der Waals surface area contributed by atoms with Crippen LogP contribution in [0.4, 0.5) is 5.69 Å². The van der Waals surface area contributed by atoms with Crippen molar-refractivity contribution >= 4 is 22.9 Å². The Labute approximate surface area is 120 Å². The van der Waals surface area contributed by atoms with Gasteiger partial charge in [0.15, 0.2) is 0 Å². The van der Waals surface area contributed by atoms with Crippen molar-refractivity contribution in [2.24, 2.45) is 5.73 Å². The van der Waals surface area contributed by atoms with Gasteiger partial charge in [0.05, 0.1) is 11.2 Å². The van der Waals surface area contributed by atoms with Gasteiger partial charge in [-0.3, -0.25) is 4.98 Å². The minimum Gasteiger partial charge on any atom is -0.389 e. The summed E-state index contributed by atoms with van der Waals surface area (Å²) in [6, 6.07) is 1.96. The molecule has 0 aliphatic carbocycles. The van der Waals surface area contributed by atoms with Gasteiger partial charge >= 0.3 is 0 Å². The summed E-state index contributed by atoms with van der Waals surface area (Å²) in [5.41, 5.74) is 9.07. The molecule has 19 heavy (non-hydrogen) atoms. The first-order valence-corrected chi connectivity index (χ1v) is 6.83. The Morgan fingerprint density at radius 1 is 1.47 bits per heavy atom. The van der Waals surface area contributed by atoms with Crippen LogP contribution < -0.4 is 11.1 Å². The average Bonchev–Trinajstić information content (AvgIpc) is 2.24. The number of rotatable bonds is 6. The second-order valence-electron chi connectivity index (χ2n) is 5.18. The molecular weight excluding hydrogens is 258 g/mol. The fraction of sp³-hybridized carbons (Fsp3) is 0.571. The SMILES string of the molecule is CCOC(C)(C)CNc1cc(C)nc(C)c1C(N)=S. The minimum atomic E-state index is -0.243. The number of pyridine rings is 1. The van der Waals surface area contributed by atoms with E-state index in [2.05, 4.69) is 10.3 Å². The van der Waals surface area contributed by atoms with Crippen molar-refractivity contribution in [3.8, 4) is 0 Å². The van der Waals surface area contributed by atoms with Crippen LogP contribution in [0.25, 0.3) is 0 Å². The molecule has 0 atom stereocenters. The second-order valence-corrected chi connectivity index (χ2v) is 5.62. The molecule has 0 aliphatic rings. The number of aryl methyl sites for hydroxylation is 2. The van der Waals surface area contributed by atoms with Crippen LogP contribution in [-0.2, 0) is 4.74 Å². The van der Waals surface area contributed by atoms with Crippen LogP contribution in [0.3, 0.4) is 0 Å². The molecule has 0 saturated heterocycles. The van der Waals surface area contributed by atoms with E-state index < -0.39 is 0 Å². The van der Waals surface area contributed by atoms with Crippen LogP contribution in [0, 0.1) is 13.8 Å². The predicted molar refractivity (Wildman–Crippen MR) is 83.8 cm³/mol. The van der Waals surface area contributed by atoms with Gasteiger partial charge in [-0.1, -0.05) is 12.2 Å². The number of nitrogens with two attached hydrogens (primary N) is 1. The maximum absolute atomic E-state index is 5.78. The van der Waals surface area contributed by atoms with Crippen LogP contribution in [0.15, 0.2) is 6.07 Å². The zero-order valence-corrected chi connectivity index (χ0v) is 13.1. The van der Waals surface area contributed by atoms with Crippen molar-refractivity contribution in [2.45, 2.75) is 40.2 Å². The fourth-order valence-corrected chi connectivity index (χ4v) is 2.29. The molecule has 0 aliphatic heterocycles. The highest BCUT2D eigenvalue weighted by Crippen LogP contribution is 2.21. The van der Waals surface area contributed by atoms with Gasteiger partial charge in [0.2, 0.25) is 0 Å². The Morgan fingerprint density at radius 2 is 2.11 bits per heavy atom. The van der Waals surface area contributed by atoms with Crippen molar-refractivity contribution in [3.63, 3.8) is 0 Å². The highest BCUT2D eigenvalue weighted by atomic mass is 32.1. The van der Waals surface area contributed by atoms with E-state index in [4.69, 9.17) is 22.7 Å². The quantitative estimate of drug-likeness (QED) is 0.785. The largest absolute Gasteiger partial charge is 0.389 e. The van der Waals surface area contributed by atoms with Crippen molar-refractivity contribution in [3.05, 3.63) is 23.0 Å². The molecule has 1 aromatic rings. The topological polar surface area (TPSA) is 60.2 Å². The molecule has 3 N–H and O–H groups in total. The Bertz CT molecular complexity index is 472. The van der Waals surface area contributed by atoms with E-state index >= 15 is 0 Å². The maximum Gasteiger partial charge on any atom is 0.107 e. The lowest BCUT2D eigenvalue weighted by Gasteiger charge is -2.26. The lowest BCUT2D eigenvalue weighted by molar-refractivity contribution is 0.000693. The predicted octanol–water partition coefficient (Wildman–Crippen LogP) is 2.56. The summed E-state index contributed by atoms with van der Waals surface area (Å²) in [5.74, 6) is 0. The summed E-state index contributed by atoms with van der Waals surface area (Å²) >= 11 is 5.11. The molecule has 1 heterocycles. The maximum atomic E-state index is 5.78. The van der Waals surface area contributed by atoms with Crippen LogP contribution in [0.1, 0.15) is 37.7 Å². The second kappa shape index (κ2) is 6.30. The highest BCUT2D eigenvalue weighted by molar-refractivity contribution is 7.80. The van der Waals surface area contributed by atoms with E-state index in [1.165, 1.54) is 0 Å². The number of aromatic nitrogens is 1. The van der Waals surface area contributed by atoms with Gasteiger partial charge in [-0.2, -0.15) is 0 Å². The first-order valence-electron chi connectivity index (χ1n) is 6.42. The number of nitrogens with one attached hydrogen (secondary N) is 1. The van der Waals surface area contributed by atoms with Gasteiger partial charge in [0, 0.05) is 30.2 Å². The molecule has 0 unspecified atom stereocenters. The van der Waals surface area contributed by atoms with E-state index in [0.717, 1.165) is 22.6 Å². The molecule has 0 aromatic carbocycles. The zero-order chi connectivity index (χ0) is 14.6. The molecule has 0 saturated carbocycles. The molecule has 1 rings (SSSR count). The lowest BCUT2D eigenvalue weighted by Crippen LogP contribution is -2.34.